The lowest BCUT2D eigenvalue weighted by Gasteiger charge is -2.35. The maximum atomic E-state index is 12.7. The third-order valence-corrected chi connectivity index (χ3v) is 7.85. The largest absolute Gasteiger partial charge is 0.494 e. The molecule has 2 aromatic carbocycles. The van der Waals surface area contributed by atoms with Crippen molar-refractivity contribution in [1.29, 1.82) is 0 Å². The van der Waals surface area contributed by atoms with Crippen molar-refractivity contribution in [2.24, 2.45) is 11.8 Å². The molecule has 2 fully saturated rings. The normalized spacial score (nSPS) is 19.6. The lowest BCUT2D eigenvalue weighted by molar-refractivity contribution is -0.137. The van der Waals surface area contributed by atoms with Crippen LogP contribution in [0.25, 0.3) is 11.1 Å². The van der Waals surface area contributed by atoms with Gasteiger partial charge in [0.15, 0.2) is 0 Å². The average molecular weight is 504 g/mol. The fourth-order valence-corrected chi connectivity index (χ4v) is 6.19. The van der Waals surface area contributed by atoms with Crippen LogP contribution in [0.3, 0.4) is 0 Å². The van der Waals surface area contributed by atoms with Gasteiger partial charge in [-0.3, -0.25) is 9.59 Å². The second-order valence-corrected chi connectivity index (χ2v) is 10.1. The topological polar surface area (TPSA) is 75.6 Å². The van der Waals surface area contributed by atoms with E-state index in [2.05, 4.69) is 5.32 Å². The summed E-state index contributed by atoms with van der Waals surface area (Å²) in [6, 6.07) is 11.5. The number of carbonyl (C=O) groups is 2. The zero-order valence-corrected chi connectivity index (χ0v) is 20.7. The van der Waals surface area contributed by atoms with Crippen molar-refractivity contribution in [3.8, 4) is 16.9 Å². The van der Waals surface area contributed by atoms with Crippen LogP contribution >= 0.6 is 23.2 Å². The molecule has 1 aliphatic heterocycles. The number of aliphatic carboxylic acids is 1. The minimum Gasteiger partial charge on any atom is -0.494 e. The van der Waals surface area contributed by atoms with Gasteiger partial charge in [-0.25, -0.2) is 0 Å². The molecular formula is C27H31Cl2NO4. The monoisotopic (exact) mass is 503 g/mol. The van der Waals surface area contributed by atoms with Gasteiger partial charge < -0.3 is 15.2 Å². The van der Waals surface area contributed by atoms with E-state index in [0.717, 1.165) is 36.0 Å². The predicted octanol–water partition coefficient (Wildman–Crippen LogP) is 6.70. The maximum absolute atomic E-state index is 12.7. The highest BCUT2D eigenvalue weighted by atomic mass is 35.5. The van der Waals surface area contributed by atoms with Gasteiger partial charge in [0.05, 0.1) is 11.6 Å². The molecule has 0 radical (unpaired) electrons. The van der Waals surface area contributed by atoms with Gasteiger partial charge in [0.25, 0.3) is 0 Å². The van der Waals surface area contributed by atoms with E-state index in [-0.39, 0.29) is 24.2 Å². The van der Waals surface area contributed by atoms with Gasteiger partial charge >= 0.3 is 5.97 Å². The summed E-state index contributed by atoms with van der Waals surface area (Å²) in [6.45, 7) is 1.06. The number of carbonyl (C=O) groups excluding carboxylic acids is 1. The van der Waals surface area contributed by atoms with Crippen molar-refractivity contribution in [2.75, 3.05) is 13.2 Å². The van der Waals surface area contributed by atoms with Crippen LogP contribution in [-0.2, 0) is 9.59 Å². The molecule has 0 spiro atoms. The third kappa shape index (κ3) is 5.69. The number of hydrogen-bond donors (Lipinski definition) is 2. The Labute approximate surface area is 210 Å². The van der Waals surface area contributed by atoms with E-state index in [4.69, 9.17) is 33.0 Å². The smallest absolute Gasteiger partial charge is 0.303 e. The fourth-order valence-electron chi connectivity index (χ4n) is 5.46. The van der Waals surface area contributed by atoms with E-state index in [1.54, 1.807) is 0 Å². The van der Waals surface area contributed by atoms with Gasteiger partial charge in [-0.2, -0.15) is 0 Å². The predicted molar refractivity (Wildman–Crippen MR) is 135 cm³/mol. The number of carboxylic acid groups (broad SMARTS) is 1. The molecule has 2 aliphatic rings. The van der Waals surface area contributed by atoms with Crippen LogP contribution in [0.5, 0.6) is 5.75 Å². The van der Waals surface area contributed by atoms with E-state index in [0.29, 0.717) is 41.3 Å². The number of benzene rings is 2. The molecule has 1 saturated carbocycles. The fraction of sp³-hybridized carbons (Fsp3) is 0.481. The Hall–Kier alpha value is -2.24. The Balaban J connectivity index is 1.61. The molecule has 0 bridgehead atoms. The number of halogens is 2. The van der Waals surface area contributed by atoms with Crippen LogP contribution in [-0.4, -0.2) is 30.1 Å². The molecular weight excluding hydrogens is 473 g/mol. The van der Waals surface area contributed by atoms with Gasteiger partial charge in [-0.05, 0) is 60.9 Å². The van der Waals surface area contributed by atoms with Gasteiger partial charge in [-0.1, -0.05) is 60.7 Å². The first kappa shape index (κ1) is 24.9. The molecule has 7 heteroatoms. The number of rotatable bonds is 9. The first-order valence-corrected chi connectivity index (χ1v) is 12.9. The van der Waals surface area contributed by atoms with Gasteiger partial charge in [0, 0.05) is 35.4 Å². The highest BCUT2D eigenvalue weighted by molar-refractivity contribution is 6.38. The third-order valence-electron chi connectivity index (χ3n) is 7.11. The molecule has 2 atom stereocenters. The van der Waals surface area contributed by atoms with E-state index in [1.807, 2.05) is 36.4 Å². The summed E-state index contributed by atoms with van der Waals surface area (Å²) in [4.78, 5) is 23.4. The van der Waals surface area contributed by atoms with Crippen molar-refractivity contribution in [1.82, 2.24) is 5.32 Å². The summed E-state index contributed by atoms with van der Waals surface area (Å²) in [7, 11) is 0. The molecule has 5 nitrogen and oxygen atoms in total. The molecule has 2 aromatic rings. The summed E-state index contributed by atoms with van der Waals surface area (Å²) in [6.07, 6.45) is 7.15. The van der Waals surface area contributed by atoms with E-state index in [9.17, 15) is 9.59 Å². The zero-order valence-electron chi connectivity index (χ0n) is 19.2. The highest BCUT2D eigenvalue weighted by Gasteiger charge is 2.40. The first-order chi connectivity index (χ1) is 16.5. The molecule has 182 valence electrons. The van der Waals surface area contributed by atoms with Crippen molar-refractivity contribution in [3.05, 3.63) is 52.0 Å². The van der Waals surface area contributed by atoms with Crippen LogP contribution in [0.4, 0.5) is 0 Å². The number of amides is 1. The van der Waals surface area contributed by atoms with Crippen molar-refractivity contribution in [3.63, 3.8) is 0 Å². The van der Waals surface area contributed by atoms with Crippen LogP contribution in [0.1, 0.15) is 62.8 Å². The number of carboxylic acids is 1. The van der Waals surface area contributed by atoms with Gasteiger partial charge in [0.1, 0.15) is 5.75 Å². The SMILES string of the molecule is O=C(O)CCCOc1ccc(-c2ccc(Cl)c(C(C3CCCCC3)C3CCNC3=O)c2Cl)cc1. The maximum Gasteiger partial charge on any atom is 0.303 e. The lowest BCUT2D eigenvalue weighted by atomic mass is 9.70. The van der Waals surface area contributed by atoms with E-state index >= 15 is 0 Å². The Kier molecular flexibility index (Phi) is 8.38. The van der Waals surface area contributed by atoms with Crippen molar-refractivity contribution in [2.45, 2.75) is 57.3 Å². The van der Waals surface area contributed by atoms with Crippen LogP contribution < -0.4 is 10.1 Å². The molecule has 1 amide bonds. The van der Waals surface area contributed by atoms with Crippen LogP contribution in [0.2, 0.25) is 10.0 Å². The number of ether oxygens (including phenoxy) is 1. The summed E-state index contributed by atoms with van der Waals surface area (Å²) < 4.78 is 5.66. The van der Waals surface area contributed by atoms with E-state index < -0.39 is 5.97 Å². The molecule has 1 saturated heterocycles. The first-order valence-electron chi connectivity index (χ1n) is 12.2. The van der Waals surface area contributed by atoms with Crippen LogP contribution in [0.15, 0.2) is 36.4 Å². The number of hydrogen-bond acceptors (Lipinski definition) is 3. The van der Waals surface area contributed by atoms with Gasteiger partial charge in [0.2, 0.25) is 5.91 Å². The molecule has 1 aliphatic carbocycles. The number of nitrogens with one attached hydrogen (secondary N) is 1. The molecule has 2 unspecified atom stereocenters. The van der Waals surface area contributed by atoms with Crippen LogP contribution in [0, 0.1) is 11.8 Å². The second kappa shape index (κ2) is 11.5. The Bertz CT molecular complexity index is 1020. The highest BCUT2D eigenvalue weighted by Crippen LogP contribution is 2.49. The Morgan fingerprint density at radius 3 is 2.44 bits per heavy atom. The average Bonchev–Trinajstić information content (AvgIpc) is 3.26. The van der Waals surface area contributed by atoms with Gasteiger partial charge in [-0.15, -0.1) is 0 Å². The summed E-state index contributed by atoms with van der Waals surface area (Å²) >= 11 is 13.8. The molecule has 4 rings (SSSR count). The minimum absolute atomic E-state index is 0.0135. The molecule has 34 heavy (non-hydrogen) atoms. The quantitative estimate of drug-likeness (QED) is 0.373. The zero-order chi connectivity index (χ0) is 24.1. The summed E-state index contributed by atoms with van der Waals surface area (Å²) in [5.74, 6) is 0.275. The van der Waals surface area contributed by atoms with Crippen molar-refractivity contribution < 1.29 is 19.4 Å². The lowest BCUT2D eigenvalue weighted by Crippen LogP contribution is -2.30. The summed E-state index contributed by atoms with van der Waals surface area (Å²) in [5.41, 5.74) is 2.74. The molecule has 0 aromatic heterocycles. The minimum atomic E-state index is -0.825. The molecule has 1 heterocycles. The molecule has 2 N–H and O–H groups in total. The summed E-state index contributed by atoms with van der Waals surface area (Å²) in [5, 5.41) is 13.0. The standard InChI is InChI=1S/C27H31Cl2NO4/c28-22-13-12-20(17-8-10-19(11-9-17)34-16-4-7-23(31)32)26(29)25(22)24(18-5-2-1-3-6-18)21-14-15-30-27(21)33/h8-13,18,21,24H,1-7,14-16H2,(H,30,33)(H,31,32). The Morgan fingerprint density at radius 1 is 1.06 bits per heavy atom. The van der Waals surface area contributed by atoms with E-state index in [1.165, 1.54) is 19.3 Å². The second-order valence-electron chi connectivity index (χ2n) is 9.30. The Morgan fingerprint density at radius 2 is 1.79 bits per heavy atom. The van der Waals surface area contributed by atoms with Crippen molar-refractivity contribution >= 4 is 35.1 Å².